The molecule has 0 saturated carbocycles. The van der Waals surface area contributed by atoms with E-state index in [1.807, 2.05) is 12.3 Å². The molecule has 0 bridgehead atoms. The molecule has 0 spiro atoms. The van der Waals surface area contributed by atoms with Crippen LogP contribution < -0.4 is 0 Å². The van der Waals surface area contributed by atoms with Gasteiger partial charge in [-0.25, -0.2) is 0 Å². The van der Waals surface area contributed by atoms with Gasteiger partial charge in [-0.2, -0.15) is 0 Å². The van der Waals surface area contributed by atoms with Crippen LogP contribution in [0.2, 0.25) is 19.6 Å². The normalized spacial score (nSPS) is 15.0. The highest BCUT2D eigenvalue weighted by Crippen LogP contribution is 2.41. The summed E-state index contributed by atoms with van der Waals surface area (Å²) in [6.45, 7) is 17.0. The van der Waals surface area contributed by atoms with Gasteiger partial charge in [-0.05, 0) is 91.8 Å². The van der Waals surface area contributed by atoms with E-state index in [0.717, 1.165) is 47.9 Å². The molecule has 2 aromatic carbocycles. The molecule has 0 unspecified atom stereocenters. The summed E-state index contributed by atoms with van der Waals surface area (Å²) >= 11 is 0. The second kappa shape index (κ2) is 13.6. The van der Waals surface area contributed by atoms with Crippen molar-refractivity contribution in [1.29, 1.82) is 0 Å². The van der Waals surface area contributed by atoms with Crippen LogP contribution in [-0.2, 0) is 30.5 Å². The maximum absolute atomic E-state index is 11.8. The zero-order valence-electron chi connectivity index (χ0n) is 27.2. The van der Waals surface area contributed by atoms with Crippen LogP contribution in [0.1, 0.15) is 72.9 Å². The van der Waals surface area contributed by atoms with Crippen LogP contribution in [-0.4, -0.2) is 45.2 Å². The summed E-state index contributed by atoms with van der Waals surface area (Å²) in [5.74, 6) is 6.81. The van der Waals surface area contributed by atoms with E-state index < -0.39 is 13.9 Å². The molecule has 3 aromatic rings. The second-order valence-corrected chi connectivity index (χ2v) is 17.2. The quantitative estimate of drug-likeness (QED) is 0.142. The van der Waals surface area contributed by atoms with Crippen molar-refractivity contribution in [2.45, 2.75) is 90.5 Å². The molecule has 0 N–H and O–H groups in total. The molecule has 4 rings (SSSR count). The molecular formula is C37H47NO4Si. The topological polar surface area (TPSA) is 57.7 Å². The lowest BCUT2D eigenvalue weighted by molar-refractivity contribution is -0.139. The summed E-state index contributed by atoms with van der Waals surface area (Å²) in [7, 11) is -0.364. The minimum Gasteiger partial charge on any atom is -0.469 e. The van der Waals surface area contributed by atoms with Crippen LogP contribution in [0.4, 0.5) is 0 Å². The molecule has 0 radical (unpaired) electrons. The van der Waals surface area contributed by atoms with Gasteiger partial charge in [-0.15, -0.1) is 0 Å². The van der Waals surface area contributed by atoms with Crippen LogP contribution in [0.15, 0.2) is 54.9 Å². The first-order valence-electron chi connectivity index (χ1n) is 15.5. The Kier molecular flexibility index (Phi) is 10.3. The number of nitrogens with zero attached hydrogens (tertiary/aromatic N) is 1. The predicted molar refractivity (Wildman–Crippen MR) is 177 cm³/mol. The molecule has 1 aromatic heterocycles. The van der Waals surface area contributed by atoms with Crippen LogP contribution >= 0.6 is 0 Å². The van der Waals surface area contributed by atoms with Gasteiger partial charge < -0.3 is 13.9 Å². The highest BCUT2D eigenvalue weighted by atomic mass is 28.4. The van der Waals surface area contributed by atoms with Gasteiger partial charge >= 0.3 is 5.97 Å². The van der Waals surface area contributed by atoms with Crippen LogP contribution in [0, 0.1) is 25.7 Å². The number of hydrogen-bond donors (Lipinski definition) is 0. The van der Waals surface area contributed by atoms with Crippen molar-refractivity contribution >= 4 is 14.3 Å². The summed E-state index contributed by atoms with van der Waals surface area (Å²) in [4.78, 5) is 16.2. The molecule has 228 valence electrons. The summed E-state index contributed by atoms with van der Waals surface area (Å²) in [6, 6.07) is 15.6. The summed E-state index contributed by atoms with van der Waals surface area (Å²) in [6.07, 6.45) is 7.39. The summed E-state index contributed by atoms with van der Waals surface area (Å²) in [5.41, 5.74) is 8.48. The molecule has 0 amide bonds. The first-order valence-corrected chi connectivity index (χ1v) is 18.9. The standard InChI is InChI=1S/C37H47NO4Si/c1-9-37(10-2,33-13-14-34(28(4)22-33)31-23-29(25-38-26-31)24-35(39)40-5)32-12-11-30(27(3)21-32)15-16-36(42-43(6,7)8)17-19-41-20-18-36/h11-14,21-23,25-26H,9-10,17-20,24H2,1-8H3. The molecular weight excluding hydrogens is 550 g/mol. The Balaban J connectivity index is 1.66. The van der Waals surface area contributed by atoms with Crippen LogP contribution in [0.25, 0.3) is 11.1 Å². The highest BCUT2D eigenvalue weighted by molar-refractivity contribution is 6.69. The number of methoxy groups -OCH3 is 1. The van der Waals surface area contributed by atoms with E-state index >= 15 is 0 Å². The smallest absolute Gasteiger partial charge is 0.310 e. The largest absolute Gasteiger partial charge is 0.469 e. The van der Waals surface area contributed by atoms with Crippen molar-refractivity contribution in [1.82, 2.24) is 4.98 Å². The van der Waals surface area contributed by atoms with E-state index in [2.05, 4.69) is 101 Å². The third kappa shape index (κ3) is 7.65. The van der Waals surface area contributed by atoms with Crippen LogP contribution in [0.5, 0.6) is 0 Å². The van der Waals surface area contributed by atoms with Gasteiger partial charge in [0.25, 0.3) is 0 Å². The van der Waals surface area contributed by atoms with E-state index in [1.165, 1.54) is 29.4 Å². The minimum absolute atomic E-state index is 0.117. The Morgan fingerprint density at radius 1 is 0.977 bits per heavy atom. The monoisotopic (exact) mass is 597 g/mol. The van der Waals surface area contributed by atoms with Crippen molar-refractivity contribution in [2.75, 3.05) is 20.3 Å². The molecule has 2 heterocycles. The van der Waals surface area contributed by atoms with Crippen molar-refractivity contribution in [2.24, 2.45) is 0 Å². The van der Waals surface area contributed by atoms with Gasteiger partial charge in [0, 0.05) is 41.8 Å². The van der Waals surface area contributed by atoms with Crippen molar-refractivity contribution < 1.29 is 18.7 Å². The minimum atomic E-state index is -1.77. The SMILES string of the molecule is CCC(CC)(c1ccc(C#CC2(O[Si](C)(C)C)CCOCC2)c(C)c1)c1ccc(-c2cncc(CC(=O)OC)c2)c(C)c1. The third-order valence-electron chi connectivity index (χ3n) is 8.67. The lowest BCUT2D eigenvalue weighted by Gasteiger charge is -2.38. The fourth-order valence-corrected chi connectivity index (χ4v) is 7.74. The third-order valence-corrected chi connectivity index (χ3v) is 9.68. The van der Waals surface area contributed by atoms with Crippen molar-refractivity contribution in [3.05, 3.63) is 88.2 Å². The Bertz CT molecular complexity index is 1500. The number of carbonyl (C=O) groups is 1. The molecule has 1 aliphatic heterocycles. The fourth-order valence-electron chi connectivity index (χ4n) is 6.31. The average molecular weight is 598 g/mol. The Hall–Kier alpha value is -3.24. The van der Waals surface area contributed by atoms with Gasteiger partial charge in [0.2, 0.25) is 0 Å². The number of hydrogen-bond acceptors (Lipinski definition) is 5. The van der Waals surface area contributed by atoms with E-state index in [9.17, 15) is 4.79 Å². The number of aromatic nitrogens is 1. The molecule has 1 aliphatic rings. The summed E-state index contributed by atoms with van der Waals surface area (Å²) in [5, 5.41) is 0. The molecule has 6 heteroatoms. The fraction of sp³-hybridized carbons (Fsp3) is 0.459. The zero-order valence-corrected chi connectivity index (χ0v) is 28.2. The molecule has 0 aliphatic carbocycles. The molecule has 43 heavy (non-hydrogen) atoms. The molecule has 0 atom stereocenters. The second-order valence-electron chi connectivity index (χ2n) is 12.8. The molecule has 1 fully saturated rings. The Labute approximate surface area is 259 Å². The number of carbonyl (C=O) groups excluding carboxylic acids is 1. The molecule has 1 saturated heterocycles. The lowest BCUT2D eigenvalue weighted by Crippen LogP contribution is -2.45. The van der Waals surface area contributed by atoms with Crippen molar-refractivity contribution in [3.8, 4) is 23.0 Å². The van der Waals surface area contributed by atoms with E-state index in [4.69, 9.17) is 13.9 Å². The number of aryl methyl sites for hydroxylation is 2. The van der Waals surface area contributed by atoms with Crippen molar-refractivity contribution in [3.63, 3.8) is 0 Å². The van der Waals surface area contributed by atoms with Gasteiger partial charge in [-0.1, -0.05) is 56.0 Å². The maximum atomic E-state index is 11.8. The van der Waals surface area contributed by atoms with E-state index in [1.54, 1.807) is 6.20 Å². The van der Waals surface area contributed by atoms with E-state index in [0.29, 0.717) is 13.2 Å². The maximum Gasteiger partial charge on any atom is 0.310 e. The van der Waals surface area contributed by atoms with Gasteiger partial charge in [-0.3, -0.25) is 9.78 Å². The Morgan fingerprint density at radius 3 is 2.21 bits per heavy atom. The predicted octanol–water partition coefficient (Wildman–Crippen LogP) is 7.94. The number of esters is 1. The average Bonchev–Trinajstić information content (AvgIpc) is 2.97. The highest BCUT2D eigenvalue weighted by Gasteiger charge is 2.36. The van der Waals surface area contributed by atoms with Gasteiger partial charge in [0.1, 0.15) is 5.60 Å². The lowest BCUT2D eigenvalue weighted by atomic mass is 9.69. The number of rotatable bonds is 9. The zero-order chi connectivity index (χ0) is 31.3. The number of ether oxygens (including phenoxy) is 2. The first-order chi connectivity index (χ1) is 20.4. The number of benzene rings is 2. The molecule has 5 nitrogen and oxygen atoms in total. The van der Waals surface area contributed by atoms with Gasteiger partial charge in [0.15, 0.2) is 8.32 Å². The van der Waals surface area contributed by atoms with Crippen LogP contribution in [0.3, 0.4) is 0 Å². The van der Waals surface area contributed by atoms with Gasteiger partial charge in [0.05, 0.1) is 26.7 Å². The first kappa shape index (κ1) is 32.7. The summed E-state index contributed by atoms with van der Waals surface area (Å²) < 4.78 is 17.1. The Morgan fingerprint density at radius 2 is 1.63 bits per heavy atom. The number of pyridine rings is 1. The van der Waals surface area contributed by atoms with E-state index in [-0.39, 0.29) is 17.8 Å².